The fourth-order valence-corrected chi connectivity index (χ4v) is 3.59. The zero-order valence-corrected chi connectivity index (χ0v) is 18.9. The fraction of sp³-hybridized carbons (Fsp3) is 0.174. The van der Waals surface area contributed by atoms with Crippen molar-refractivity contribution in [2.75, 3.05) is 5.32 Å². The van der Waals surface area contributed by atoms with Gasteiger partial charge in [0.1, 0.15) is 0 Å². The molecule has 0 aliphatic carbocycles. The highest BCUT2D eigenvalue weighted by Crippen LogP contribution is 2.22. The number of anilines is 1. The number of hydrogen-bond acceptors (Lipinski definition) is 3. The number of nitrogens with one attached hydrogen (secondary N) is 2. The van der Waals surface area contributed by atoms with Crippen LogP contribution >= 0.6 is 15.9 Å². The lowest BCUT2D eigenvalue weighted by atomic mass is 10.1. The summed E-state index contributed by atoms with van der Waals surface area (Å²) in [6.07, 6.45) is 1.55. The largest absolute Gasteiger partial charge is 0.329 e. The highest BCUT2D eigenvalue weighted by atomic mass is 79.9. The molecule has 2 aromatic carbocycles. The van der Waals surface area contributed by atoms with Crippen LogP contribution in [0.25, 0.3) is 5.69 Å². The standard InChI is InChI=1S/C23H23BrN4O2/c1-14-9-15(2)11-21(10-14)28-16(3)12-18(17(28)4)13-25-27-23(30)22(29)26-20-7-5-19(24)6-8-20/h5-13H,1-4H3,(H,26,29)(H,27,30)/b25-13-. The summed E-state index contributed by atoms with van der Waals surface area (Å²) in [6.45, 7) is 8.16. The van der Waals surface area contributed by atoms with Gasteiger partial charge in [-0.15, -0.1) is 0 Å². The summed E-state index contributed by atoms with van der Waals surface area (Å²) in [7, 11) is 0. The lowest BCUT2D eigenvalue weighted by Crippen LogP contribution is -2.32. The number of amides is 2. The third-order valence-electron chi connectivity index (χ3n) is 4.61. The molecule has 0 bridgehead atoms. The monoisotopic (exact) mass is 466 g/mol. The number of hydrazone groups is 1. The molecule has 0 aliphatic heterocycles. The number of nitrogens with zero attached hydrogens (tertiary/aromatic N) is 2. The van der Waals surface area contributed by atoms with Gasteiger partial charge in [-0.3, -0.25) is 9.59 Å². The van der Waals surface area contributed by atoms with Crippen LogP contribution in [0.4, 0.5) is 5.69 Å². The molecule has 1 aromatic heterocycles. The summed E-state index contributed by atoms with van der Waals surface area (Å²) < 4.78 is 3.02. The van der Waals surface area contributed by atoms with Crippen LogP contribution in [-0.4, -0.2) is 22.6 Å². The van der Waals surface area contributed by atoms with Crippen LogP contribution < -0.4 is 10.7 Å². The Hall–Kier alpha value is -3.19. The van der Waals surface area contributed by atoms with E-state index in [9.17, 15) is 9.59 Å². The molecule has 7 heteroatoms. The zero-order chi connectivity index (χ0) is 21.8. The smallest absolute Gasteiger partial charge is 0.318 e. The Balaban J connectivity index is 1.69. The number of aryl methyl sites for hydroxylation is 3. The Bertz CT molecular complexity index is 1110. The van der Waals surface area contributed by atoms with Crippen molar-refractivity contribution in [1.82, 2.24) is 9.99 Å². The van der Waals surface area contributed by atoms with Crippen LogP contribution in [0.1, 0.15) is 28.1 Å². The minimum Gasteiger partial charge on any atom is -0.318 e. The molecule has 0 saturated heterocycles. The van der Waals surface area contributed by atoms with Crippen molar-refractivity contribution < 1.29 is 9.59 Å². The first-order chi connectivity index (χ1) is 14.2. The molecule has 0 unspecified atom stereocenters. The van der Waals surface area contributed by atoms with Crippen LogP contribution in [0, 0.1) is 27.7 Å². The van der Waals surface area contributed by atoms with Crippen LogP contribution in [0.3, 0.4) is 0 Å². The van der Waals surface area contributed by atoms with E-state index in [1.54, 1.807) is 30.5 Å². The number of hydrogen-bond donors (Lipinski definition) is 2. The Labute approximate surface area is 184 Å². The predicted octanol–water partition coefficient (Wildman–Crippen LogP) is 4.56. The summed E-state index contributed by atoms with van der Waals surface area (Å²) in [5.41, 5.74) is 9.18. The van der Waals surface area contributed by atoms with Crippen LogP contribution in [0.5, 0.6) is 0 Å². The molecule has 6 nitrogen and oxygen atoms in total. The van der Waals surface area contributed by atoms with E-state index >= 15 is 0 Å². The highest BCUT2D eigenvalue weighted by molar-refractivity contribution is 9.10. The molecule has 1 heterocycles. The summed E-state index contributed by atoms with van der Waals surface area (Å²) in [5.74, 6) is -1.62. The van der Waals surface area contributed by atoms with Gasteiger partial charge in [-0.2, -0.15) is 5.10 Å². The third kappa shape index (κ3) is 5.04. The van der Waals surface area contributed by atoms with E-state index in [2.05, 4.69) is 68.4 Å². The molecular weight excluding hydrogens is 444 g/mol. The molecular formula is C23H23BrN4O2. The Morgan fingerprint density at radius 3 is 2.20 bits per heavy atom. The van der Waals surface area contributed by atoms with Gasteiger partial charge in [0.25, 0.3) is 0 Å². The van der Waals surface area contributed by atoms with E-state index in [0.717, 1.165) is 27.1 Å². The number of halogens is 1. The van der Waals surface area contributed by atoms with E-state index in [0.29, 0.717) is 5.69 Å². The molecule has 0 spiro atoms. The van der Waals surface area contributed by atoms with Gasteiger partial charge in [-0.25, -0.2) is 5.43 Å². The lowest BCUT2D eigenvalue weighted by molar-refractivity contribution is -0.136. The van der Waals surface area contributed by atoms with E-state index in [1.807, 2.05) is 19.9 Å². The Morgan fingerprint density at radius 2 is 1.57 bits per heavy atom. The molecule has 2 N–H and O–H groups in total. The highest BCUT2D eigenvalue weighted by Gasteiger charge is 2.14. The second-order valence-electron chi connectivity index (χ2n) is 7.17. The molecule has 3 rings (SSSR count). The van der Waals surface area contributed by atoms with Crippen molar-refractivity contribution in [1.29, 1.82) is 0 Å². The van der Waals surface area contributed by atoms with Gasteiger partial charge in [0, 0.05) is 32.8 Å². The molecule has 0 radical (unpaired) electrons. The molecule has 30 heavy (non-hydrogen) atoms. The number of carbonyl (C=O) groups excluding carboxylic acids is 2. The van der Waals surface area contributed by atoms with Gasteiger partial charge in [0.05, 0.1) is 6.21 Å². The van der Waals surface area contributed by atoms with Gasteiger partial charge in [0.15, 0.2) is 0 Å². The van der Waals surface area contributed by atoms with Crippen LogP contribution in [0.2, 0.25) is 0 Å². The van der Waals surface area contributed by atoms with Gasteiger partial charge in [-0.05, 0) is 81.3 Å². The van der Waals surface area contributed by atoms with Crippen LogP contribution in [-0.2, 0) is 9.59 Å². The SMILES string of the molecule is Cc1cc(C)cc(-n2c(C)cc(/C=N\NC(=O)C(=O)Nc3ccc(Br)cc3)c2C)c1. The minimum atomic E-state index is -0.836. The van der Waals surface area contributed by atoms with Crippen molar-refractivity contribution in [3.63, 3.8) is 0 Å². The van der Waals surface area contributed by atoms with Crippen molar-refractivity contribution in [3.05, 3.63) is 81.1 Å². The summed E-state index contributed by atoms with van der Waals surface area (Å²) in [6, 6.07) is 15.3. The topological polar surface area (TPSA) is 75.5 Å². The molecule has 0 fully saturated rings. The van der Waals surface area contributed by atoms with Gasteiger partial charge < -0.3 is 9.88 Å². The number of benzene rings is 2. The average Bonchev–Trinajstić information content (AvgIpc) is 2.96. The molecule has 154 valence electrons. The second-order valence-corrected chi connectivity index (χ2v) is 8.08. The minimum absolute atomic E-state index is 0.527. The van der Waals surface area contributed by atoms with E-state index < -0.39 is 11.8 Å². The normalized spacial score (nSPS) is 11.0. The third-order valence-corrected chi connectivity index (χ3v) is 5.14. The summed E-state index contributed by atoms with van der Waals surface area (Å²) >= 11 is 3.32. The molecule has 2 amide bonds. The maximum atomic E-state index is 12.0. The van der Waals surface area contributed by atoms with Gasteiger partial charge in [-0.1, -0.05) is 22.0 Å². The predicted molar refractivity (Wildman–Crippen MR) is 123 cm³/mol. The maximum absolute atomic E-state index is 12.0. The van der Waals surface area contributed by atoms with Crippen molar-refractivity contribution >= 4 is 39.6 Å². The van der Waals surface area contributed by atoms with Gasteiger partial charge in [0.2, 0.25) is 0 Å². The average molecular weight is 467 g/mol. The molecule has 0 aliphatic rings. The number of rotatable bonds is 4. The molecule has 0 saturated carbocycles. The molecule has 0 atom stereocenters. The van der Waals surface area contributed by atoms with Crippen LogP contribution in [0.15, 0.2) is 58.1 Å². The quantitative estimate of drug-likeness (QED) is 0.335. The van der Waals surface area contributed by atoms with E-state index in [-0.39, 0.29) is 0 Å². The first-order valence-electron chi connectivity index (χ1n) is 9.42. The summed E-state index contributed by atoms with van der Waals surface area (Å²) in [4.78, 5) is 24.0. The fourth-order valence-electron chi connectivity index (χ4n) is 3.33. The first kappa shape index (κ1) is 21.5. The second kappa shape index (κ2) is 9.09. The molecule has 3 aromatic rings. The Morgan fingerprint density at radius 1 is 0.933 bits per heavy atom. The number of aromatic nitrogens is 1. The first-order valence-corrected chi connectivity index (χ1v) is 10.2. The van der Waals surface area contributed by atoms with E-state index in [4.69, 9.17) is 0 Å². The number of carbonyl (C=O) groups is 2. The zero-order valence-electron chi connectivity index (χ0n) is 17.3. The van der Waals surface area contributed by atoms with Crippen molar-refractivity contribution in [2.45, 2.75) is 27.7 Å². The lowest BCUT2D eigenvalue weighted by Gasteiger charge is -2.11. The van der Waals surface area contributed by atoms with E-state index in [1.165, 1.54) is 11.1 Å². The van der Waals surface area contributed by atoms with Crippen molar-refractivity contribution in [2.24, 2.45) is 5.10 Å². The Kier molecular flexibility index (Phi) is 6.52. The maximum Gasteiger partial charge on any atom is 0.329 e. The van der Waals surface area contributed by atoms with Gasteiger partial charge >= 0.3 is 11.8 Å². The summed E-state index contributed by atoms with van der Waals surface area (Å²) in [5, 5.41) is 6.48. The van der Waals surface area contributed by atoms with Crippen molar-refractivity contribution in [3.8, 4) is 5.69 Å².